The molecule has 0 saturated carbocycles. The van der Waals surface area contributed by atoms with E-state index in [4.69, 9.17) is 0 Å². The zero-order valence-electron chi connectivity index (χ0n) is 12.8. The van der Waals surface area contributed by atoms with Gasteiger partial charge in [0, 0.05) is 12.3 Å². The number of aryl methyl sites for hydroxylation is 1. The number of urea groups is 1. The van der Waals surface area contributed by atoms with Crippen LogP contribution in [-0.2, 0) is 6.42 Å². The Hall–Kier alpha value is -1.20. The molecule has 1 aliphatic heterocycles. The second-order valence-electron chi connectivity index (χ2n) is 6.35. The van der Waals surface area contributed by atoms with Crippen molar-refractivity contribution in [3.63, 3.8) is 0 Å². The molecule has 3 N–H and O–H groups in total. The minimum absolute atomic E-state index is 0.0753. The maximum absolute atomic E-state index is 12.2. The van der Waals surface area contributed by atoms with Gasteiger partial charge in [0.2, 0.25) is 0 Å². The van der Waals surface area contributed by atoms with Crippen LogP contribution in [0.5, 0.6) is 0 Å². The molecule has 5 heteroatoms. The number of thioether (sulfide) groups is 1. The molecule has 0 aromatic heterocycles. The number of carbonyl (C=O) groups is 1. The Kier molecular flexibility index (Phi) is 4.93. The van der Waals surface area contributed by atoms with Gasteiger partial charge in [-0.1, -0.05) is 30.7 Å². The molecule has 4 nitrogen and oxygen atoms in total. The molecule has 3 rings (SSSR count). The van der Waals surface area contributed by atoms with Gasteiger partial charge in [0.05, 0.1) is 11.6 Å². The van der Waals surface area contributed by atoms with Gasteiger partial charge < -0.3 is 15.7 Å². The standard InChI is InChI=1S/C17H24N2O2S/c20-16(18-11-17(21)9-10-22-12-17)19-15-8-4-2-6-13-5-1-3-7-14(13)15/h1,3,5,7,15,21H,2,4,6,8-12H2,(H2,18,19,20)/t15-,17-/m1/s1. The van der Waals surface area contributed by atoms with Crippen LogP contribution in [0.4, 0.5) is 4.79 Å². The summed E-state index contributed by atoms with van der Waals surface area (Å²) in [6, 6.07) is 8.28. The molecule has 0 spiro atoms. The molecule has 1 saturated heterocycles. The highest BCUT2D eigenvalue weighted by atomic mass is 32.2. The van der Waals surface area contributed by atoms with E-state index < -0.39 is 5.60 Å². The van der Waals surface area contributed by atoms with E-state index >= 15 is 0 Å². The maximum Gasteiger partial charge on any atom is 0.315 e. The van der Waals surface area contributed by atoms with Crippen LogP contribution in [-0.4, -0.2) is 34.8 Å². The summed E-state index contributed by atoms with van der Waals surface area (Å²) in [6.45, 7) is 0.334. The van der Waals surface area contributed by atoms with Gasteiger partial charge in [-0.2, -0.15) is 11.8 Å². The Morgan fingerprint density at radius 2 is 2.23 bits per heavy atom. The van der Waals surface area contributed by atoms with Crippen LogP contribution in [0.1, 0.15) is 42.9 Å². The topological polar surface area (TPSA) is 61.4 Å². The molecule has 0 unspecified atom stereocenters. The van der Waals surface area contributed by atoms with Crippen LogP contribution >= 0.6 is 11.8 Å². The van der Waals surface area contributed by atoms with Crippen molar-refractivity contribution in [2.24, 2.45) is 0 Å². The van der Waals surface area contributed by atoms with E-state index in [1.54, 1.807) is 11.8 Å². The summed E-state index contributed by atoms with van der Waals surface area (Å²) >= 11 is 1.74. The lowest BCUT2D eigenvalue weighted by molar-refractivity contribution is 0.0698. The average Bonchev–Trinajstić information content (AvgIpc) is 2.86. The molecular weight excluding hydrogens is 296 g/mol. The van der Waals surface area contributed by atoms with Crippen LogP contribution in [0.15, 0.2) is 24.3 Å². The number of benzene rings is 1. The fourth-order valence-electron chi connectivity index (χ4n) is 3.26. The van der Waals surface area contributed by atoms with Crippen LogP contribution < -0.4 is 10.6 Å². The van der Waals surface area contributed by atoms with E-state index in [0.717, 1.165) is 31.4 Å². The van der Waals surface area contributed by atoms with Crippen molar-refractivity contribution in [3.8, 4) is 0 Å². The average molecular weight is 320 g/mol. The monoisotopic (exact) mass is 320 g/mol. The van der Waals surface area contributed by atoms with E-state index in [-0.39, 0.29) is 12.1 Å². The summed E-state index contributed by atoms with van der Waals surface area (Å²) in [5, 5.41) is 16.2. The van der Waals surface area contributed by atoms with Gasteiger partial charge in [0.1, 0.15) is 0 Å². The fraction of sp³-hybridized carbons (Fsp3) is 0.588. The van der Waals surface area contributed by atoms with Gasteiger partial charge in [0.15, 0.2) is 0 Å². The lowest BCUT2D eigenvalue weighted by Crippen LogP contribution is -2.47. The van der Waals surface area contributed by atoms with Crippen molar-refractivity contribution >= 4 is 17.8 Å². The summed E-state index contributed by atoms with van der Waals surface area (Å²) in [5.74, 6) is 1.68. The molecule has 22 heavy (non-hydrogen) atoms. The molecule has 0 bridgehead atoms. The van der Waals surface area contributed by atoms with Gasteiger partial charge >= 0.3 is 6.03 Å². The van der Waals surface area contributed by atoms with Crippen LogP contribution in [0.25, 0.3) is 0 Å². The zero-order chi connectivity index (χ0) is 15.4. The maximum atomic E-state index is 12.2. The highest BCUT2D eigenvalue weighted by Gasteiger charge is 2.32. The molecule has 0 radical (unpaired) electrons. The Morgan fingerprint density at radius 1 is 1.36 bits per heavy atom. The van der Waals surface area contributed by atoms with Crippen LogP contribution in [0.2, 0.25) is 0 Å². The van der Waals surface area contributed by atoms with Crippen LogP contribution in [0.3, 0.4) is 0 Å². The first-order valence-electron chi connectivity index (χ1n) is 8.09. The van der Waals surface area contributed by atoms with Gasteiger partial charge in [0.25, 0.3) is 0 Å². The van der Waals surface area contributed by atoms with Gasteiger partial charge in [-0.15, -0.1) is 0 Å². The largest absolute Gasteiger partial charge is 0.387 e. The van der Waals surface area contributed by atoms with Crippen molar-refractivity contribution in [2.45, 2.75) is 43.7 Å². The van der Waals surface area contributed by atoms with Crippen molar-refractivity contribution in [1.82, 2.24) is 10.6 Å². The van der Waals surface area contributed by atoms with E-state index in [1.807, 2.05) is 6.07 Å². The molecule has 2 amide bonds. The summed E-state index contributed by atoms with van der Waals surface area (Å²) in [4.78, 5) is 12.2. The minimum Gasteiger partial charge on any atom is -0.387 e. The number of hydrogen-bond acceptors (Lipinski definition) is 3. The number of hydrogen-bond donors (Lipinski definition) is 3. The third kappa shape index (κ3) is 3.76. The normalized spacial score (nSPS) is 27.8. The summed E-state index contributed by atoms with van der Waals surface area (Å²) in [7, 11) is 0. The summed E-state index contributed by atoms with van der Waals surface area (Å²) < 4.78 is 0. The predicted molar refractivity (Wildman–Crippen MR) is 90.2 cm³/mol. The lowest BCUT2D eigenvalue weighted by Gasteiger charge is -2.24. The van der Waals surface area contributed by atoms with E-state index in [2.05, 4.69) is 28.8 Å². The SMILES string of the molecule is O=C(NC[C@]1(O)CCSC1)N[C@@H]1CCCCc2ccccc21. The second-order valence-corrected chi connectivity index (χ2v) is 7.46. The molecular formula is C17H24N2O2S. The highest BCUT2D eigenvalue weighted by Crippen LogP contribution is 2.29. The predicted octanol–water partition coefficient (Wildman–Crippen LogP) is 2.62. The third-order valence-electron chi connectivity index (χ3n) is 4.59. The van der Waals surface area contributed by atoms with Crippen molar-refractivity contribution in [2.75, 3.05) is 18.1 Å². The van der Waals surface area contributed by atoms with E-state index in [9.17, 15) is 9.90 Å². The van der Waals surface area contributed by atoms with Crippen LogP contribution in [0, 0.1) is 0 Å². The van der Waals surface area contributed by atoms with Gasteiger partial charge in [-0.05, 0) is 42.6 Å². The fourth-order valence-corrected chi connectivity index (χ4v) is 4.56. The number of amides is 2. The lowest BCUT2D eigenvalue weighted by atomic mass is 9.99. The van der Waals surface area contributed by atoms with Crippen molar-refractivity contribution in [3.05, 3.63) is 35.4 Å². The Bertz CT molecular complexity index is 529. The first kappa shape index (κ1) is 15.7. The first-order chi connectivity index (χ1) is 10.7. The smallest absolute Gasteiger partial charge is 0.315 e. The van der Waals surface area contributed by atoms with Crippen molar-refractivity contribution < 1.29 is 9.90 Å². The number of nitrogens with one attached hydrogen (secondary N) is 2. The Labute approximate surface area is 136 Å². The molecule has 2 atom stereocenters. The molecule has 1 aromatic carbocycles. The summed E-state index contributed by atoms with van der Waals surface area (Å²) in [5.41, 5.74) is 1.85. The second kappa shape index (κ2) is 6.92. The molecule has 1 aromatic rings. The van der Waals surface area contributed by atoms with Crippen molar-refractivity contribution in [1.29, 1.82) is 0 Å². The minimum atomic E-state index is -0.733. The number of rotatable bonds is 3. The number of fused-ring (bicyclic) bond motifs is 1. The van der Waals surface area contributed by atoms with E-state index in [0.29, 0.717) is 12.3 Å². The summed E-state index contributed by atoms with van der Waals surface area (Å²) in [6.07, 6.45) is 5.12. The molecule has 1 aliphatic carbocycles. The number of aliphatic hydroxyl groups is 1. The first-order valence-corrected chi connectivity index (χ1v) is 9.24. The van der Waals surface area contributed by atoms with E-state index in [1.165, 1.54) is 17.5 Å². The van der Waals surface area contributed by atoms with Gasteiger partial charge in [-0.25, -0.2) is 4.79 Å². The zero-order valence-corrected chi connectivity index (χ0v) is 13.6. The molecule has 1 heterocycles. The van der Waals surface area contributed by atoms with Gasteiger partial charge in [-0.3, -0.25) is 0 Å². The number of carbonyl (C=O) groups excluding carboxylic acids is 1. The molecule has 2 aliphatic rings. The quantitative estimate of drug-likeness (QED) is 0.750. The Balaban J connectivity index is 1.59. The molecule has 1 fully saturated rings. The third-order valence-corrected chi connectivity index (χ3v) is 5.82. The highest BCUT2D eigenvalue weighted by molar-refractivity contribution is 7.99. The molecule has 120 valence electrons. The Morgan fingerprint density at radius 3 is 3.05 bits per heavy atom.